The summed E-state index contributed by atoms with van der Waals surface area (Å²) < 4.78 is 6.87. The van der Waals surface area contributed by atoms with E-state index in [1.807, 2.05) is 6.08 Å². The second kappa shape index (κ2) is 6.57. The Balaban J connectivity index is 1.89. The van der Waals surface area contributed by atoms with Crippen molar-refractivity contribution in [2.45, 2.75) is 51.0 Å². The maximum absolute atomic E-state index is 12.0. The molecule has 25 heavy (non-hydrogen) atoms. The number of hydrogen-bond acceptors (Lipinski definition) is 7. The number of nitrogens with two attached hydrogens (primary N) is 1. The van der Waals surface area contributed by atoms with Gasteiger partial charge in [-0.2, -0.15) is 0 Å². The number of ether oxygens (including phenoxy) is 1. The zero-order chi connectivity index (χ0) is 18.3. The van der Waals surface area contributed by atoms with E-state index >= 15 is 0 Å². The van der Waals surface area contributed by atoms with Gasteiger partial charge in [0.2, 0.25) is 5.82 Å². The molecule has 0 spiro atoms. The maximum Gasteiger partial charge on any atom is 0.308 e. The third-order valence-corrected chi connectivity index (χ3v) is 4.75. The number of carbonyl (C=O) groups excluding carboxylic acids is 2. The normalized spacial score (nSPS) is 31.6. The van der Waals surface area contributed by atoms with Crippen molar-refractivity contribution in [1.82, 2.24) is 14.8 Å². The van der Waals surface area contributed by atoms with Crippen molar-refractivity contribution >= 4 is 11.9 Å². The Hall–Kier alpha value is -2.26. The molecule has 5 unspecified atom stereocenters. The zero-order valence-corrected chi connectivity index (χ0v) is 14.1. The van der Waals surface area contributed by atoms with Crippen molar-refractivity contribution in [1.29, 1.82) is 0 Å². The molecule has 0 bridgehead atoms. The molecule has 2 aliphatic carbocycles. The SMILES string of the molecule is CC(C)C(=O)OC1CCC=C2C1C(O)C(O)C2n1cnc(C(N)=O)n1. The molecular formula is C16H22N4O5. The number of rotatable bonds is 4. The number of aliphatic hydroxyl groups is 2. The van der Waals surface area contributed by atoms with Gasteiger partial charge >= 0.3 is 5.97 Å². The molecule has 1 heterocycles. The highest BCUT2D eigenvalue weighted by molar-refractivity contribution is 5.88. The van der Waals surface area contributed by atoms with E-state index in [2.05, 4.69) is 10.1 Å². The molecule has 136 valence electrons. The molecule has 0 aromatic carbocycles. The van der Waals surface area contributed by atoms with Crippen molar-refractivity contribution < 1.29 is 24.5 Å². The zero-order valence-electron chi connectivity index (χ0n) is 14.1. The lowest BCUT2D eigenvalue weighted by Crippen LogP contribution is -2.38. The number of aromatic nitrogens is 3. The van der Waals surface area contributed by atoms with Gasteiger partial charge in [-0.25, -0.2) is 9.67 Å². The Bertz CT molecular complexity index is 713. The number of esters is 1. The molecule has 5 atom stereocenters. The fraction of sp³-hybridized carbons (Fsp3) is 0.625. The molecule has 3 rings (SSSR count). The van der Waals surface area contributed by atoms with Crippen LogP contribution in [0.25, 0.3) is 0 Å². The summed E-state index contributed by atoms with van der Waals surface area (Å²) in [4.78, 5) is 27.0. The predicted octanol–water partition coefficient (Wildman–Crippen LogP) is -0.442. The molecule has 9 nitrogen and oxygen atoms in total. The van der Waals surface area contributed by atoms with Crippen LogP contribution in [0.5, 0.6) is 0 Å². The average molecular weight is 350 g/mol. The maximum atomic E-state index is 12.0. The van der Waals surface area contributed by atoms with Gasteiger partial charge in [-0.15, -0.1) is 5.10 Å². The van der Waals surface area contributed by atoms with Crippen LogP contribution >= 0.6 is 0 Å². The summed E-state index contributed by atoms with van der Waals surface area (Å²) >= 11 is 0. The Morgan fingerprint density at radius 2 is 2.08 bits per heavy atom. The van der Waals surface area contributed by atoms with Gasteiger partial charge in [-0.1, -0.05) is 19.9 Å². The lowest BCUT2D eigenvalue weighted by molar-refractivity contribution is -0.158. The molecule has 1 aromatic heterocycles. The molecule has 0 radical (unpaired) electrons. The van der Waals surface area contributed by atoms with E-state index in [1.165, 1.54) is 11.0 Å². The quantitative estimate of drug-likeness (QED) is 0.494. The van der Waals surface area contributed by atoms with E-state index in [0.717, 1.165) is 5.57 Å². The van der Waals surface area contributed by atoms with Crippen LogP contribution in [-0.4, -0.2) is 55.2 Å². The first-order valence-corrected chi connectivity index (χ1v) is 8.28. The summed E-state index contributed by atoms with van der Waals surface area (Å²) in [6.07, 6.45) is 1.67. The first-order chi connectivity index (χ1) is 11.8. The van der Waals surface area contributed by atoms with E-state index < -0.39 is 36.2 Å². The third-order valence-electron chi connectivity index (χ3n) is 4.75. The lowest BCUT2D eigenvalue weighted by Gasteiger charge is -2.31. The predicted molar refractivity (Wildman–Crippen MR) is 85.1 cm³/mol. The molecule has 9 heteroatoms. The highest BCUT2D eigenvalue weighted by Crippen LogP contribution is 2.46. The minimum atomic E-state index is -1.16. The minimum absolute atomic E-state index is 0.163. The molecule has 1 fully saturated rings. The molecule has 4 N–H and O–H groups in total. The summed E-state index contributed by atoms with van der Waals surface area (Å²) in [5.74, 6) is -2.07. The second-order valence-electron chi connectivity index (χ2n) is 6.78. The van der Waals surface area contributed by atoms with Crippen LogP contribution in [0.4, 0.5) is 0 Å². The van der Waals surface area contributed by atoms with E-state index in [-0.39, 0.29) is 17.7 Å². The lowest BCUT2D eigenvalue weighted by atomic mass is 9.85. The second-order valence-corrected chi connectivity index (χ2v) is 6.78. The Morgan fingerprint density at radius 3 is 2.68 bits per heavy atom. The number of aliphatic hydroxyl groups excluding tert-OH is 2. The van der Waals surface area contributed by atoms with Crippen molar-refractivity contribution in [2.24, 2.45) is 17.6 Å². The van der Waals surface area contributed by atoms with E-state index in [1.54, 1.807) is 13.8 Å². The van der Waals surface area contributed by atoms with E-state index in [9.17, 15) is 19.8 Å². The highest BCUT2D eigenvalue weighted by atomic mass is 16.5. The molecule has 1 aromatic rings. The van der Waals surface area contributed by atoms with Gasteiger partial charge in [0.25, 0.3) is 5.91 Å². The summed E-state index contributed by atoms with van der Waals surface area (Å²) in [5, 5.41) is 25.0. The summed E-state index contributed by atoms with van der Waals surface area (Å²) in [7, 11) is 0. The molecule has 0 saturated heterocycles. The minimum Gasteiger partial charge on any atom is -0.461 e. The van der Waals surface area contributed by atoms with Crippen molar-refractivity contribution in [3.63, 3.8) is 0 Å². The van der Waals surface area contributed by atoms with Gasteiger partial charge < -0.3 is 20.7 Å². The monoisotopic (exact) mass is 350 g/mol. The van der Waals surface area contributed by atoms with Crippen molar-refractivity contribution in [3.8, 4) is 0 Å². The van der Waals surface area contributed by atoms with Gasteiger partial charge in [-0.05, 0) is 18.4 Å². The van der Waals surface area contributed by atoms with Crippen LogP contribution < -0.4 is 5.73 Å². The van der Waals surface area contributed by atoms with Gasteiger partial charge in [-0.3, -0.25) is 9.59 Å². The van der Waals surface area contributed by atoms with Crippen molar-refractivity contribution in [3.05, 3.63) is 23.8 Å². The van der Waals surface area contributed by atoms with Crippen LogP contribution in [0, 0.1) is 11.8 Å². The summed E-state index contributed by atoms with van der Waals surface area (Å²) in [6, 6.07) is -0.679. The van der Waals surface area contributed by atoms with E-state index in [0.29, 0.717) is 12.8 Å². The van der Waals surface area contributed by atoms with Gasteiger partial charge in [0.1, 0.15) is 24.6 Å². The number of amides is 1. The van der Waals surface area contributed by atoms with Gasteiger partial charge in [0.15, 0.2) is 0 Å². The standard InChI is InChI=1S/C16H22N4O5/c1-7(2)16(24)25-9-5-3-4-8-10(9)12(21)13(22)11(8)20-6-18-15(19-20)14(17)23/h4,6-7,9-13,21-22H,3,5H2,1-2H3,(H2,17,23). The van der Waals surface area contributed by atoms with Crippen LogP contribution in [0.3, 0.4) is 0 Å². The van der Waals surface area contributed by atoms with E-state index in [4.69, 9.17) is 10.5 Å². The van der Waals surface area contributed by atoms with Crippen LogP contribution in [0.1, 0.15) is 43.3 Å². The number of fused-ring (bicyclic) bond motifs is 1. The molecular weight excluding hydrogens is 328 g/mol. The smallest absolute Gasteiger partial charge is 0.308 e. The first kappa shape index (κ1) is 17.6. The summed E-state index contributed by atoms with van der Waals surface area (Å²) in [6.45, 7) is 3.48. The Labute approximate surface area is 144 Å². The Kier molecular flexibility index (Phi) is 4.61. The highest BCUT2D eigenvalue weighted by Gasteiger charge is 2.52. The Morgan fingerprint density at radius 1 is 1.36 bits per heavy atom. The van der Waals surface area contributed by atoms with Crippen LogP contribution in [-0.2, 0) is 9.53 Å². The number of hydrogen-bond donors (Lipinski definition) is 3. The molecule has 0 aliphatic heterocycles. The molecule has 1 amide bonds. The van der Waals surface area contributed by atoms with Crippen molar-refractivity contribution in [2.75, 3.05) is 0 Å². The third kappa shape index (κ3) is 3.05. The summed E-state index contributed by atoms with van der Waals surface area (Å²) in [5.41, 5.74) is 5.89. The number of primary amides is 1. The topological polar surface area (TPSA) is 141 Å². The first-order valence-electron chi connectivity index (χ1n) is 8.28. The number of carbonyl (C=O) groups is 2. The molecule has 2 aliphatic rings. The van der Waals surface area contributed by atoms with Gasteiger partial charge in [0.05, 0.1) is 12.0 Å². The molecule has 1 saturated carbocycles. The largest absolute Gasteiger partial charge is 0.461 e. The number of allylic oxidation sites excluding steroid dienone is 1. The number of nitrogens with zero attached hydrogens (tertiary/aromatic N) is 3. The van der Waals surface area contributed by atoms with Crippen LogP contribution in [0.2, 0.25) is 0 Å². The average Bonchev–Trinajstić information content (AvgIpc) is 3.12. The fourth-order valence-corrected chi connectivity index (χ4v) is 3.52. The fourth-order valence-electron chi connectivity index (χ4n) is 3.52. The van der Waals surface area contributed by atoms with Gasteiger partial charge in [0, 0.05) is 5.92 Å². The van der Waals surface area contributed by atoms with Crippen LogP contribution in [0.15, 0.2) is 18.0 Å².